The summed E-state index contributed by atoms with van der Waals surface area (Å²) in [6, 6.07) is 12.8. The first-order valence-corrected chi connectivity index (χ1v) is 12.1. The van der Waals surface area contributed by atoms with E-state index in [2.05, 4.69) is 16.8 Å². The number of aryl methyl sites for hydroxylation is 2. The molecule has 1 unspecified atom stereocenters. The SMILES string of the molecule is CCc1ccc(C2/C(=C(\O)c3c(C)nc4ccccn34)C(=O)C(=O)N2CCN2CCOCC2)cc1. The predicted molar refractivity (Wildman–Crippen MR) is 132 cm³/mol. The number of hydrogen-bond acceptors (Lipinski definition) is 6. The van der Waals surface area contributed by atoms with Gasteiger partial charge in [0.15, 0.2) is 5.76 Å². The third-order valence-corrected chi connectivity index (χ3v) is 6.93. The Bertz CT molecular complexity index is 1290. The van der Waals surface area contributed by atoms with Crippen molar-refractivity contribution in [2.75, 3.05) is 39.4 Å². The molecule has 8 nitrogen and oxygen atoms in total. The molecule has 182 valence electrons. The highest BCUT2D eigenvalue weighted by Gasteiger charge is 2.46. The van der Waals surface area contributed by atoms with Crippen molar-refractivity contribution in [2.24, 2.45) is 0 Å². The topological polar surface area (TPSA) is 87.4 Å². The maximum Gasteiger partial charge on any atom is 0.295 e. The van der Waals surface area contributed by atoms with Crippen molar-refractivity contribution in [3.8, 4) is 0 Å². The van der Waals surface area contributed by atoms with Crippen LogP contribution in [0.25, 0.3) is 11.4 Å². The zero-order chi connectivity index (χ0) is 24.5. The Hall–Kier alpha value is -3.49. The number of pyridine rings is 1. The Morgan fingerprint density at radius 2 is 1.83 bits per heavy atom. The fraction of sp³-hybridized carbons (Fsp3) is 0.370. The normalized spacial score (nSPS) is 20.7. The number of aliphatic hydroxyl groups is 1. The fourth-order valence-corrected chi connectivity index (χ4v) is 4.99. The molecule has 1 N–H and O–H groups in total. The Balaban J connectivity index is 1.60. The summed E-state index contributed by atoms with van der Waals surface area (Å²) in [6.07, 6.45) is 2.68. The third kappa shape index (κ3) is 4.24. The van der Waals surface area contributed by atoms with Gasteiger partial charge in [-0.3, -0.25) is 18.9 Å². The highest BCUT2D eigenvalue weighted by atomic mass is 16.5. The minimum atomic E-state index is -0.671. The van der Waals surface area contributed by atoms with Gasteiger partial charge in [0.1, 0.15) is 11.3 Å². The molecule has 2 saturated heterocycles. The largest absolute Gasteiger partial charge is 0.505 e. The lowest BCUT2D eigenvalue weighted by Gasteiger charge is -2.31. The average Bonchev–Trinajstić information content (AvgIpc) is 3.35. The van der Waals surface area contributed by atoms with Crippen molar-refractivity contribution < 1.29 is 19.4 Å². The Labute approximate surface area is 204 Å². The van der Waals surface area contributed by atoms with E-state index in [0.29, 0.717) is 43.3 Å². The lowest BCUT2D eigenvalue weighted by molar-refractivity contribution is -0.140. The van der Waals surface area contributed by atoms with Crippen molar-refractivity contribution in [2.45, 2.75) is 26.3 Å². The van der Waals surface area contributed by atoms with Crippen LogP contribution in [0, 0.1) is 6.92 Å². The minimum Gasteiger partial charge on any atom is -0.505 e. The molecule has 2 fully saturated rings. The van der Waals surface area contributed by atoms with E-state index in [-0.39, 0.29) is 11.3 Å². The maximum absolute atomic E-state index is 13.4. The molecule has 8 heteroatoms. The standard InChI is InChI=1S/C27H30N4O4/c1-3-19-7-9-20(10-8-19)24-22(25(32)23-18(2)28-21-6-4-5-11-30(21)23)26(33)27(34)31(24)13-12-29-14-16-35-17-15-29/h4-11,24,32H,3,12-17H2,1-2H3/b25-22+. The van der Waals surface area contributed by atoms with Crippen LogP contribution in [0.4, 0.5) is 0 Å². The van der Waals surface area contributed by atoms with E-state index in [1.807, 2.05) is 42.5 Å². The van der Waals surface area contributed by atoms with Crippen LogP contribution in [0.5, 0.6) is 0 Å². The first-order chi connectivity index (χ1) is 17.0. The number of hydrogen-bond donors (Lipinski definition) is 1. The zero-order valence-corrected chi connectivity index (χ0v) is 20.1. The quantitative estimate of drug-likeness (QED) is 0.336. The monoisotopic (exact) mass is 474 g/mol. The lowest BCUT2D eigenvalue weighted by Crippen LogP contribution is -2.42. The Kier molecular flexibility index (Phi) is 6.40. The molecule has 1 atom stereocenters. The van der Waals surface area contributed by atoms with Crippen LogP contribution in [0.1, 0.15) is 35.5 Å². The molecule has 4 heterocycles. The number of aromatic nitrogens is 2. The van der Waals surface area contributed by atoms with Crippen LogP contribution < -0.4 is 0 Å². The summed E-state index contributed by atoms with van der Waals surface area (Å²) < 4.78 is 7.19. The van der Waals surface area contributed by atoms with Crippen molar-refractivity contribution in [3.63, 3.8) is 0 Å². The van der Waals surface area contributed by atoms with E-state index < -0.39 is 17.7 Å². The molecule has 1 amide bonds. The second-order valence-corrected chi connectivity index (χ2v) is 9.02. The summed E-state index contributed by atoms with van der Waals surface area (Å²) >= 11 is 0. The number of morpholine rings is 1. The Morgan fingerprint density at radius 3 is 2.54 bits per heavy atom. The average molecular weight is 475 g/mol. The van der Waals surface area contributed by atoms with Gasteiger partial charge in [0.2, 0.25) is 0 Å². The van der Waals surface area contributed by atoms with E-state index in [0.717, 1.165) is 30.6 Å². The highest BCUT2D eigenvalue weighted by Crippen LogP contribution is 2.40. The number of Topliss-reactive ketones (excluding diaryl/α,β-unsaturated/α-hetero) is 1. The van der Waals surface area contributed by atoms with Gasteiger partial charge in [-0.1, -0.05) is 37.3 Å². The molecule has 2 aliphatic heterocycles. The van der Waals surface area contributed by atoms with E-state index in [4.69, 9.17) is 4.74 Å². The summed E-state index contributed by atoms with van der Waals surface area (Å²) in [4.78, 5) is 35.0. The van der Waals surface area contributed by atoms with Crippen LogP contribution in [0.2, 0.25) is 0 Å². The zero-order valence-electron chi connectivity index (χ0n) is 20.1. The summed E-state index contributed by atoms with van der Waals surface area (Å²) in [5.41, 5.74) is 3.76. The molecule has 0 spiro atoms. The van der Waals surface area contributed by atoms with Gasteiger partial charge in [-0.25, -0.2) is 4.98 Å². The predicted octanol–water partition coefficient (Wildman–Crippen LogP) is 2.96. The van der Waals surface area contributed by atoms with Gasteiger partial charge in [-0.2, -0.15) is 0 Å². The summed E-state index contributed by atoms with van der Waals surface area (Å²) in [7, 11) is 0. The number of nitrogens with zero attached hydrogens (tertiary/aromatic N) is 4. The first-order valence-electron chi connectivity index (χ1n) is 12.1. The second kappa shape index (κ2) is 9.64. The molecule has 2 aliphatic rings. The summed E-state index contributed by atoms with van der Waals surface area (Å²) in [5, 5.41) is 11.5. The number of benzene rings is 1. The number of carbonyl (C=O) groups excluding carboxylic acids is 2. The smallest absolute Gasteiger partial charge is 0.295 e. The molecule has 35 heavy (non-hydrogen) atoms. The number of rotatable bonds is 6. The Morgan fingerprint density at radius 1 is 1.09 bits per heavy atom. The van der Waals surface area contributed by atoms with Crippen LogP contribution >= 0.6 is 0 Å². The number of likely N-dealkylation sites (tertiary alicyclic amines) is 1. The molecule has 3 aromatic rings. The van der Waals surface area contributed by atoms with Crippen LogP contribution in [-0.4, -0.2) is 75.4 Å². The van der Waals surface area contributed by atoms with Gasteiger partial charge in [-0.05, 0) is 36.6 Å². The van der Waals surface area contributed by atoms with Gasteiger partial charge >= 0.3 is 0 Å². The van der Waals surface area contributed by atoms with Crippen molar-refractivity contribution in [1.29, 1.82) is 0 Å². The van der Waals surface area contributed by atoms with E-state index >= 15 is 0 Å². The van der Waals surface area contributed by atoms with Crippen molar-refractivity contribution in [3.05, 3.63) is 76.7 Å². The van der Waals surface area contributed by atoms with Gasteiger partial charge in [0.25, 0.3) is 11.7 Å². The number of amides is 1. The molecular weight excluding hydrogens is 444 g/mol. The number of ether oxygens (including phenoxy) is 1. The van der Waals surface area contributed by atoms with Crippen LogP contribution in [0.15, 0.2) is 54.2 Å². The molecule has 0 bridgehead atoms. The summed E-state index contributed by atoms with van der Waals surface area (Å²) in [6.45, 7) is 7.80. The molecular formula is C27H30N4O4. The maximum atomic E-state index is 13.4. The van der Waals surface area contributed by atoms with E-state index in [1.54, 1.807) is 22.4 Å². The molecule has 0 radical (unpaired) electrons. The molecule has 0 aliphatic carbocycles. The van der Waals surface area contributed by atoms with E-state index in [1.165, 1.54) is 0 Å². The van der Waals surface area contributed by atoms with Gasteiger partial charge in [0, 0.05) is 32.4 Å². The van der Waals surface area contributed by atoms with Crippen molar-refractivity contribution >= 4 is 23.1 Å². The van der Waals surface area contributed by atoms with Gasteiger partial charge in [-0.15, -0.1) is 0 Å². The first kappa shape index (κ1) is 23.3. The molecule has 1 aromatic carbocycles. The minimum absolute atomic E-state index is 0.106. The highest BCUT2D eigenvalue weighted by molar-refractivity contribution is 6.46. The lowest BCUT2D eigenvalue weighted by atomic mass is 9.95. The van der Waals surface area contributed by atoms with Crippen LogP contribution in [-0.2, 0) is 20.7 Å². The van der Waals surface area contributed by atoms with Crippen LogP contribution in [0.3, 0.4) is 0 Å². The summed E-state index contributed by atoms with van der Waals surface area (Å²) in [5.74, 6) is -1.45. The number of imidazole rings is 1. The van der Waals surface area contributed by atoms with Crippen molar-refractivity contribution in [1.82, 2.24) is 19.2 Å². The number of ketones is 1. The molecule has 2 aromatic heterocycles. The number of aliphatic hydroxyl groups excluding tert-OH is 1. The van der Waals surface area contributed by atoms with Gasteiger partial charge in [0.05, 0.1) is 30.5 Å². The molecule has 5 rings (SSSR count). The molecule has 0 saturated carbocycles. The second-order valence-electron chi connectivity index (χ2n) is 9.02. The fourth-order valence-electron chi connectivity index (χ4n) is 4.99. The number of fused-ring (bicyclic) bond motifs is 1. The third-order valence-electron chi connectivity index (χ3n) is 6.93. The van der Waals surface area contributed by atoms with Gasteiger partial charge < -0.3 is 14.7 Å². The number of carbonyl (C=O) groups is 2. The van der Waals surface area contributed by atoms with E-state index in [9.17, 15) is 14.7 Å².